The molecule has 0 saturated heterocycles. The third kappa shape index (κ3) is 7.68. The number of H-pyrrole nitrogens is 1. The molecule has 0 spiro atoms. The van der Waals surface area contributed by atoms with Gasteiger partial charge >= 0.3 is 5.97 Å². The summed E-state index contributed by atoms with van der Waals surface area (Å²) in [7, 11) is 0. The summed E-state index contributed by atoms with van der Waals surface area (Å²) >= 11 is 0. The van der Waals surface area contributed by atoms with Crippen LogP contribution in [0.25, 0.3) is 10.9 Å². The van der Waals surface area contributed by atoms with Gasteiger partial charge in [-0.25, -0.2) is 0 Å². The number of aryl methyl sites for hydroxylation is 1. The van der Waals surface area contributed by atoms with E-state index in [-0.39, 0.29) is 24.8 Å². The SMILES string of the molecule is O=C(O)CN(CCC1CCCCC1)C(=O)[C@H](CCc1ccccc1)NC(=O)Cc1c[nH]c2ccccc12. The van der Waals surface area contributed by atoms with Crippen molar-refractivity contribution in [1.82, 2.24) is 15.2 Å². The van der Waals surface area contributed by atoms with Crippen molar-refractivity contribution >= 4 is 28.7 Å². The molecule has 37 heavy (non-hydrogen) atoms. The van der Waals surface area contributed by atoms with Gasteiger partial charge in [-0.05, 0) is 42.4 Å². The maximum atomic E-state index is 13.7. The predicted molar refractivity (Wildman–Crippen MR) is 144 cm³/mol. The number of carbonyl (C=O) groups is 3. The van der Waals surface area contributed by atoms with Crippen molar-refractivity contribution in [2.24, 2.45) is 5.92 Å². The van der Waals surface area contributed by atoms with Crippen molar-refractivity contribution in [2.75, 3.05) is 13.1 Å². The Bertz CT molecular complexity index is 1180. The number of aromatic amines is 1. The molecule has 0 aliphatic heterocycles. The van der Waals surface area contributed by atoms with Crippen LogP contribution in [0, 0.1) is 5.92 Å². The summed E-state index contributed by atoms with van der Waals surface area (Å²) < 4.78 is 0. The number of carbonyl (C=O) groups excluding carboxylic acids is 2. The van der Waals surface area contributed by atoms with Crippen LogP contribution in [0.2, 0.25) is 0 Å². The maximum absolute atomic E-state index is 13.7. The van der Waals surface area contributed by atoms with E-state index in [1.807, 2.05) is 60.8 Å². The first-order valence-corrected chi connectivity index (χ1v) is 13.4. The zero-order valence-corrected chi connectivity index (χ0v) is 21.3. The normalized spacial score (nSPS) is 14.8. The van der Waals surface area contributed by atoms with Gasteiger partial charge in [-0.15, -0.1) is 0 Å². The van der Waals surface area contributed by atoms with Crippen LogP contribution < -0.4 is 5.32 Å². The minimum absolute atomic E-state index is 0.139. The number of benzene rings is 2. The van der Waals surface area contributed by atoms with Crippen LogP contribution in [0.3, 0.4) is 0 Å². The van der Waals surface area contributed by atoms with Crippen LogP contribution in [0.15, 0.2) is 60.8 Å². The molecular formula is C30H37N3O4. The highest BCUT2D eigenvalue weighted by Crippen LogP contribution is 2.26. The van der Waals surface area contributed by atoms with E-state index >= 15 is 0 Å². The van der Waals surface area contributed by atoms with Crippen molar-refractivity contribution in [3.05, 3.63) is 71.9 Å². The minimum atomic E-state index is -1.04. The topological polar surface area (TPSA) is 102 Å². The van der Waals surface area contributed by atoms with E-state index < -0.39 is 12.0 Å². The van der Waals surface area contributed by atoms with E-state index in [0.29, 0.717) is 25.3 Å². The second-order valence-electron chi connectivity index (χ2n) is 10.1. The van der Waals surface area contributed by atoms with E-state index in [1.54, 1.807) is 0 Å². The molecule has 1 atom stereocenters. The Morgan fingerprint density at radius 3 is 2.49 bits per heavy atom. The molecule has 1 heterocycles. The molecule has 2 amide bonds. The summed E-state index contributed by atoms with van der Waals surface area (Å²) in [5.74, 6) is -1.08. The Morgan fingerprint density at radius 2 is 1.73 bits per heavy atom. The third-order valence-electron chi connectivity index (χ3n) is 7.39. The smallest absolute Gasteiger partial charge is 0.323 e. The number of hydrogen-bond acceptors (Lipinski definition) is 3. The number of amides is 2. The first-order chi connectivity index (χ1) is 18.0. The largest absolute Gasteiger partial charge is 0.480 e. The average Bonchev–Trinajstić information content (AvgIpc) is 3.32. The van der Waals surface area contributed by atoms with Crippen LogP contribution >= 0.6 is 0 Å². The van der Waals surface area contributed by atoms with Gasteiger partial charge in [-0.1, -0.05) is 80.6 Å². The van der Waals surface area contributed by atoms with E-state index in [9.17, 15) is 19.5 Å². The summed E-state index contributed by atoms with van der Waals surface area (Å²) in [5.41, 5.74) is 2.89. The molecular weight excluding hydrogens is 466 g/mol. The zero-order valence-electron chi connectivity index (χ0n) is 21.3. The van der Waals surface area contributed by atoms with Crippen molar-refractivity contribution in [3.63, 3.8) is 0 Å². The number of para-hydroxylation sites is 1. The monoisotopic (exact) mass is 503 g/mol. The molecule has 7 heteroatoms. The lowest BCUT2D eigenvalue weighted by atomic mass is 9.87. The standard InChI is InChI=1S/C30H37N3O4/c34-28(19-24-20-31-26-14-8-7-13-25(24)26)32-27(16-15-22-9-3-1-4-10-22)30(37)33(21-29(35)36)18-17-23-11-5-2-6-12-23/h1,3-4,7-10,13-14,20,23,27,31H,2,5-6,11-12,15-19,21H2,(H,32,34)(H,35,36)/t27-/m0/s1. The number of carboxylic acid groups (broad SMARTS) is 1. The van der Waals surface area contributed by atoms with Gasteiger partial charge in [0.2, 0.25) is 11.8 Å². The fraction of sp³-hybridized carbons (Fsp3) is 0.433. The highest BCUT2D eigenvalue weighted by molar-refractivity contribution is 5.92. The number of nitrogens with zero attached hydrogens (tertiary/aromatic N) is 1. The molecule has 3 aromatic rings. The van der Waals surface area contributed by atoms with Crippen LogP contribution in [-0.4, -0.2) is 51.9 Å². The number of carboxylic acids is 1. The molecule has 1 saturated carbocycles. The Balaban J connectivity index is 1.47. The van der Waals surface area contributed by atoms with Gasteiger partial charge in [0.05, 0.1) is 6.42 Å². The third-order valence-corrected chi connectivity index (χ3v) is 7.39. The lowest BCUT2D eigenvalue weighted by Gasteiger charge is -2.29. The van der Waals surface area contributed by atoms with Crippen molar-refractivity contribution < 1.29 is 19.5 Å². The van der Waals surface area contributed by atoms with E-state index in [4.69, 9.17) is 0 Å². The van der Waals surface area contributed by atoms with Gasteiger partial charge in [-0.3, -0.25) is 14.4 Å². The Kier molecular flexibility index (Phi) is 9.35. The molecule has 1 aromatic heterocycles. The zero-order chi connectivity index (χ0) is 26.0. The van der Waals surface area contributed by atoms with Crippen molar-refractivity contribution in [1.29, 1.82) is 0 Å². The lowest BCUT2D eigenvalue weighted by molar-refractivity contribution is -0.146. The number of aliphatic carboxylic acids is 1. The second kappa shape index (κ2) is 13.1. The Hall–Kier alpha value is -3.61. The molecule has 0 radical (unpaired) electrons. The Labute approximate surface area is 218 Å². The van der Waals surface area contributed by atoms with Crippen LogP contribution in [-0.2, 0) is 27.2 Å². The summed E-state index contributed by atoms with van der Waals surface area (Å²) in [6.07, 6.45) is 9.68. The van der Waals surface area contributed by atoms with Gasteiger partial charge in [0.1, 0.15) is 12.6 Å². The highest BCUT2D eigenvalue weighted by atomic mass is 16.4. The van der Waals surface area contributed by atoms with Gasteiger partial charge in [0.25, 0.3) is 0 Å². The van der Waals surface area contributed by atoms with Crippen LogP contribution in [0.5, 0.6) is 0 Å². The fourth-order valence-electron chi connectivity index (χ4n) is 5.37. The van der Waals surface area contributed by atoms with Crippen molar-refractivity contribution in [3.8, 4) is 0 Å². The molecule has 196 valence electrons. The first-order valence-electron chi connectivity index (χ1n) is 13.4. The van der Waals surface area contributed by atoms with Gasteiger partial charge < -0.3 is 20.3 Å². The van der Waals surface area contributed by atoms with E-state index in [2.05, 4.69) is 10.3 Å². The molecule has 4 rings (SSSR count). The van der Waals surface area contributed by atoms with Crippen LogP contribution in [0.4, 0.5) is 0 Å². The molecule has 0 bridgehead atoms. The Morgan fingerprint density at radius 1 is 1.00 bits per heavy atom. The molecule has 3 N–H and O–H groups in total. The molecule has 7 nitrogen and oxygen atoms in total. The summed E-state index contributed by atoms with van der Waals surface area (Å²) in [6, 6.07) is 16.8. The highest BCUT2D eigenvalue weighted by Gasteiger charge is 2.28. The van der Waals surface area contributed by atoms with Gasteiger partial charge in [0, 0.05) is 23.6 Å². The lowest BCUT2D eigenvalue weighted by Crippen LogP contribution is -2.51. The molecule has 2 aromatic carbocycles. The van der Waals surface area contributed by atoms with Crippen LogP contribution in [0.1, 0.15) is 56.1 Å². The molecule has 1 aliphatic carbocycles. The average molecular weight is 504 g/mol. The fourth-order valence-corrected chi connectivity index (χ4v) is 5.37. The van der Waals surface area contributed by atoms with E-state index in [1.165, 1.54) is 24.2 Å². The molecule has 0 unspecified atom stereocenters. The number of nitrogens with one attached hydrogen (secondary N) is 2. The minimum Gasteiger partial charge on any atom is -0.480 e. The summed E-state index contributed by atoms with van der Waals surface area (Å²) in [6.45, 7) is 0.0433. The van der Waals surface area contributed by atoms with Gasteiger partial charge in [0.15, 0.2) is 0 Å². The predicted octanol–water partition coefficient (Wildman–Crippen LogP) is 4.71. The van der Waals surface area contributed by atoms with Gasteiger partial charge in [-0.2, -0.15) is 0 Å². The van der Waals surface area contributed by atoms with E-state index in [0.717, 1.165) is 41.3 Å². The number of fused-ring (bicyclic) bond motifs is 1. The summed E-state index contributed by atoms with van der Waals surface area (Å²) in [5, 5.41) is 13.4. The number of hydrogen-bond donors (Lipinski definition) is 3. The molecule has 1 aliphatic rings. The quantitative estimate of drug-likeness (QED) is 0.333. The summed E-state index contributed by atoms with van der Waals surface area (Å²) in [4.78, 5) is 43.0. The maximum Gasteiger partial charge on any atom is 0.323 e. The number of aromatic nitrogens is 1. The number of rotatable bonds is 12. The second-order valence-corrected chi connectivity index (χ2v) is 10.1. The molecule has 1 fully saturated rings. The van der Waals surface area contributed by atoms with Crippen molar-refractivity contribution in [2.45, 2.75) is 63.8 Å². The first kappa shape index (κ1) is 26.5.